The van der Waals surface area contributed by atoms with Crippen molar-refractivity contribution in [3.8, 4) is 6.19 Å². The van der Waals surface area contributed by atoms with Gasteiger partial charge in [-0.15, -0.1) is 4.36 Å². The van der Waals surface area contributed by atoms with Gasteiger partial charge < -0.3 is 5.73 Å². The first-order valence-corrected chi connectivity index (χ1v) is 5.86. The first kappa shape index (κ1) is 9.49. The molecule has 0 aromatic carbocycles. The van der Waals surface area contributed by atoms with Gasteiger partial charge in [-0.05, 0) is 25.3 Å². The van der Waals surface area contributed by atoms with Crippen LogP contribution in [0.15, 0.2) is 4.36 Å². The maximum Gasteiger partial charge on any atom is 0.214 e. The van der Waals surface area contributed by atoms with Crippen molar-refractivity contribution in [1.82, 2.24) is 0 Å². The lowest BCUT2D eigenvalue weighted by Gasteiger charge is -2.21. The molecule has 0 aliphatic carbocycles. The number of hydrogen-bond donors (Lipinski definition) is 1. The minimum Gasteiger partial charge on any atom is -0.330 e. The van der Waals surface area contributed by atoms with E-state index in [1.54, 1.807) is 6.19 Å². The van der Waals surface area contributed by atoms with Gasteiger partial charge in [-0.3, -0.25) is 0 Å². The third kappa shape index (κ3) is 2.19. The van der Waals surface area contributed by atoms with E-state index in [0.29, 0.717) is 24.0 Å². The molecule has 0 bridgehead atoms. The Labute approximate surface area is 72.9 Å². The summed E-state index contributed by atoms with van der Waals surface area (Å²) in [5.74, 6) is 1.57. The van der Waals surface area contributed by atoms with Crippen molar-refractivity contribution in [1.29, 1.82) is 5.26 Å². The van der Waals surface area contributed by atoms with Crippen LogP contribution in [0.3, 0.4) is 0 Å². The van der Waals surface area contributed by atoms with Gasteiger partial charge in [-0.1, -0.05) is 0 Å². The SMILES string of the molecule is N#CN=S1(=O)CCC(CN)CC1. The molecule has 1 saturated heterocycles. The fourth-order valence-corrected chi connectivity index (χ4v) is 3.29. The fourth-order valence-electron chi connectivity index (χ4n) is 1.35. The summed E-state index contributed by atoms with van der Waals surface area (Å²) in [5, 5.41) is 8.29. The number of rotatable bonds is 1. The Morgan fingerprint density at radius 3 is 2.58 bits per heavy atom. The van der Waals surface area contributed by atoms with Crippen molar-refractivity contribution in [3.63, 3.8) is 0 Å². The first-order chi connectivity index (χ1) is 5.70. The zero-order valence-electron chi connectivity index (χ0n) is 6.90. The Kier molecular flexibility index (Phi) is 3.06. The van der Waals surface area contributed by atoms with Gasteiger partial charge in [-0.2, -0.15) is 5.26 Å². The molecule has 0 unspecified atom stereocenters. The Bertz CT molecular complexity index is 284. The number of nitrogens with two attached hydrogens (primary N) is 1. The van der Waals surface area contributed by atoms with E-state index in [-0.39, 0.29) is 0 Å². The number of nitrogens with zero attached hydrogens (tertiary/aromatic N) is 2. The molecule has 12 heavy (non-hydrogen) atoms. The molecule has 1 rings (SSSR count). The highest BCUT2D eigenvalue weighted by Gasteiger charge is 2.21. The summed E-state index contributed by atoms with van der Waals surface area (Å²) in [5.41, 5.74) is 5.48. The molecule has 0 spiro atoms. The van der Waals surface area contributed by atoms with Gasteiger partial charge in [0.25, 0.3) is 0 Å². The summed E-state index contributed by atoms with van der Waals surface area (Å²) in [4.78, 5) is 0. The van der Waals surface area contributed by atoms with Crippen molar-refractivity contribution in [3.05, 3.63) is 0 Å². The van der Waals surface area contributed by atoms with Gasteiger partial charge in [0.15, 0.2) is 0 Å². The smallest absolute Gasteiger partial charge is 0.214 e. The highest BCUT2D eigenvalue weighted by Crippen LogP contribution is 2.18. The average Bonchev–Trinajstić information content (AvgIpc) is 2.06. The average molecular weight is 187 g/mol. The van der Waals surface area contributed by atoms with Crippen LogP contribution in [0.4, 0.5) is 0 Å². The molecule has 2 N–H and O–H groups in total. The molecule has 1 fully saturated rings. The molecule has 0 aromatic rings. The van der Waals surface area contributed by atoms with Crippen LogP contribution in [0, 0.1) is 17.4 Å². The number of hydrogen-bond acceptors (Lipinski definition) is 4. The Morgan fingerprint density at radius 2 is 2.17 bits per heavy atom. The van der Waals surface area contributed by atoms with Crippen molar-refractivity contribution >= 4 is 9.73 Å². The molecule has 1 heterocycles. The highest BCUT2D eigenvalue weighted by molar-refractivity contribution is 7.93. The predicted octanol–water partition coefficient (Wildman–Crippen LogP) is 0.304. The third-order valence-corrected chi connectivity index (χ3v) is 4.39. The minimum absolute atomic E-state index is 0.480. The number of nitriles is 1. The summed E-state index contributed by atoms with van der Waals surface area (Å²) < 4.78 is 15.1. The van der Waals surface area contributed by atoms with Crippen molar-refractivity contribution in [2.45, 2.75) is 12.8 Å². The van der Waals surface area contributed by atoms with Crippen LogP contribution in [-0.4, -0.2) is 22.3 Å². The maximum atomic E-state index is 11.6. The van der Waals surface area contributed by atoms with Crippen LogP contribution >= 0.6 is 0 Å². The van der Waals surface area contributed by atoms with E-state index in [1.165, 1.54) is 0 Å². The summed E-state index contributed by atoms with van der Waals surface area (Å²) in [6.07, 6.45) is 3.32. The van der Waals surface area contributed by atoms with Gasteiger partial charge in [0.1, 0.15) is 0 Å². The Balaban J connectivity index is 2.63. The maximum absolute atomic E-state index is 11.6. The molecule has 0 saturated carbocycles. The molecule has 0 atom stereocenters. The molecule has 0 aromatic heterocycles. The van der Waals surface area contributed by atoms with Crippen LogP contribution in [0.5, 0.6) is 0 Å². The van der Waals surface area contributed by atoms with Gasteiger partial charge in [0, 0.05) is 11.5 Å². The van der Waals surface area contributed by atoms with Crippen LogP contribution in [-0.2, 0) is 9.73 Å². The molecule has 1 aliphatic rings. The predicted molar refractivity (Wildman–Crippen MR) is 47.7 cm³/mol. The topological polar surface area (TPSA) is 79.2 Å². The molecular formula is C7H13N3OS. The van der Waals surface area contributed by atoms with E-state index in [0.717, 1.165) is 12.8 Å². The zero-order valence-corrected chi connectivity index (χ0v) is 7.72. The van der Waals surface area contributed by atoms with E-state index in [2.05, 4.69) is 4.36 Å². The van der Waals surface area contributed by atoms with E-state index >= 15 is 0 Å². The molecule has 4 nitrogen and oxygen atoms in total. The van der Waals surface area contributed by atoms with Crippen LogP contribution in [0.25, 0.3) is 0 Å². The highest BCUT2D eigenvalue weighted by atomic mass is 32.2. The van der Waals surface area contributed by atoms with E-state index in [9.17, 15) is 4.21 Å². The van der Waals surface area contributed by atoms with Crippen LogP contribution < -0.4 is 5.73 Å². The van der Waals surface area contributed by atoms with E-state index in [4.69, 9.17) is 11.0 Å². The molecular weight excluding hydrogens is 174 g/mol. The second-order valence-corrected chi connectivity index (χ2v) is 5.60. The summed E-state index contributed by atoms with van der Waals surface area (Å²) in [7, 11) is -2.17. The Hall–Kier alpha value is -0.600. The van der Waals surface area contributed by atoms with Gasteiger partial charge in [-0.25, -0.2) is 4.21 Å². The van der Waals surface area contributed by atoms with Crippen molar-refractivity contribution in [2.75, 3.05) is 18.1 Å². The molecule has 68 valence electrons. The fraction of sp³-hybridized carbons (Fsp3) is 0.857. The standard InChI is InChI=1S/C7H13N3OS/c8-5-7-1-3-12(11,4-2-7)10-6-9/h7H,1-5,8H2. The van der Waals surface area contributed by atoms with Crippen molar-refractivity contribution in [2.24, 2.45) is 16.0 Å². The lowest BCUT2D eigenvalue weighted by atomic mass is 10.0. The summed E-state index contributed by atoms with van der Waals surface area (Å²) in [6, 6.07) is 0. The lowest BCUT2D eigenvalue weighted by molar-refractivity contribution is 0.490. The molecule has 1 aliphatic heterocycles. The first-order valence-electron chi connectivity index (χ1n) is 4.01. The monoisotopic (exact) mass is 187 g/mol. The zero-order chi connectivity index (χ0) is 9.03. The summed E-state index contributed by atoms with van der Waals surface area (Å²) >= 11 is 0. The van der Waals surface area contributed by atoms with E-state index < -0.39 is 9.73 Å². The van der Waals surface area contributed by atoms with Crippen LogP contribution in [0.2, 0.25) is 0 Å². The lowest BCUT2D eigenvalue weighted by Crippen LogP contribution is -2.27. The summed E-state index contributed by atoms with van der Waals surface area (Å²) in [6.45, 7) is 0.655. The Morgan fingerprint density at radius 1 is 1.58 bits per heavy atom. The quantitative estimate of drug-likeness (QED) is 0.600. The van der Waals surface area contributed by atoms with Gasteiger partial charge in [0.2, 0.25) is 6.19 Å². The second kappa shape index (κ2) is 3.87. The minimum atomic E-state index is -2.17. The largest absolute Gasteiger partial charge is 0.330 e. The molecule has 5 heteroatoms. The van der Waals surface area contributed by atoms with Gasteiger partial charge in [0.05, 0.1) is 9.73 Å². The second-order valence-electron chi connectivity index (χ2n) is 3.05. The molecule has 0 amide bonds. The normalized spacial score (nSPS) is 35.5. The van der Waals surface area contributed by atoms with Gasteiger partial charge >= 0.3 is 0 Å². The van der Waals surface area contributed by atoms with Crippen molar-refractivity contribution < 1.29 is 4.21 Å². The third-order valence-electron chi connectivity index (χ3n) is 2.23. The van der Waals surface area contributed by atoms with E-state index in [1.807, 2.05) is 0 Å². The van der Waals surface area contributed by atoms with Crippen LogP contribution in [0.1, 0.15) is 12.8 Å². The molecule has 0 radical (unpaired) electrons.